The fourth-order valence-corrected chi connectivity index (χ4v) is 2.04. The molecule has 0 radical (unpaired) electrons. The number of hydrogen-bond acceptors (Lipinski definition) is 4. The summed E-state index contributed by atoms with van der Waals surface area (Å²) in [7, 11) is 0. The number of carbonyl (C=O) groups is 1. The highest BCUT2D eigenvalue weighted by molar-refractivity contribution is 5.92. The summed E-state index contributed by atoms with van der Waals surface area (Å²) in [6.45, 7) is 1.53. The summed E-state index contributed by atoms with van der Waals surface area (Å²) >= 11 is 0. The zero-order valence-corrected chi connectivity index (χ0v) is 11.4. The molecule has 1 heterocycles. The van der Waals surface area contributed by atoms with Crippen LogP contribution in [0.4, 0.5) is 15.8 Å². The number of benzene rings is 1. The minimum atomic E-state index is -0.795. The second-order valence-corrected chi connectivity index (χ2v) is 4.43. The molecule has 110 valence electrons. The van der Waals surface area contributed by atoms with Crippen molar-refractivity contribution in [2.24, 2.45) is 5.92 Å². The van der Waals surface area contributed by atoms with Gasteiger partial charge in [0.15, 0.2) is 5.82 Å². The predicted molar refractivity (Wildman–Crippen MR) is 74.5 cm³/mol. The highest BCUT2D eigenvalue weighted by Gasteiger charge is 2.22. The number of non-ortho nitro benzene ring substituents is 1. The van der Waals surface area contributed by atoms with Gasteiger partial charge in [0.25, 0.3) is 5.69 Å². The van der Waals surface area contributed by atoms with Gasteiger partial charge in [0, 0.05) is 12.0 Å². The summed E-state index contributed by atoms with van der Waals surface area (Å²) in [5, 5.41) is 16.1. The van der Waals surface area contributed by atoms with Gasteiger partial charge in [-0.15, -0.1) is 12.4 Å². The number of carbonyl (C=O) groups excluding carboxylic acids is 1. The molecule has 0 bridgehead atoms. The molecular formula is C12H15ClFN3O3. The van der Waals surface area contributed by atoms with Crippen molar-refractivity contribution in [2.45, 2.75) is 12.8 Å². The third kappa shape index (κ3) is 3.88. The average molecular weight is 304 g/mol. The fourth-order valence-electron chi connectivity index (χ4n) is 2.04. The first-order valence-corrected chi connectivity index (χ1v) is 6.03. The number of amides is 1. The summed E-state index contributed by atoms with van der Waals surface area (Å²) in [5.41, 5.74) is -0.355. The molecule has 1 aromatic rings. The van der Waals surface area contributed by atoms with Crippen LogP contribution in [0.25, 0.3) is 0 Å². The fraction of sp³-hybridized carbons (Fsp3) is 0.417. The second kappa shape index (κ2) is 7.16. The Kier molecular flexibility index (Phi) is 5.84. The molecule has 2 rings (SSSR count). The Morgan fingerprint density at radius 1 is 1.40 bits per heavy atom. The maximum Gasteiger partial charge on any atom is 0.272 e. The van der Waals surface area contributed by atoms with Crippen LogP contribution in [0.3, 0.4) is 0 Å². The van der Waals surface area contributed by atoms with Crippen LogP contribution in [0.1, 0.15) is 12.8 Å². The van der Waals surface area contributed by atoms with Crippen molar-refractivity contribution < 1.29 is 14.1 Å². The number of nitrogens with zero attached hydrogens (tertiary/aromatic N) is 1. The molecule has 2 N–H and O–H groups in total. The Morgan fingerprint density at radius 3 is 2.60 bits per heavy atom. The highest BCUT2D eigenvalue weighted by atomic mass is 35.5. The molecule has 0 saturated carbocycles. The standard InChI is InChI=1S/C12H14FN3O3.ClH/c13-10-7-9(16(18)19)1-2-11(10)15-12(17)8-3-5-14-6-4-8;/h1-2,7-8,14H,3-6H2,(H,15,17);1H. The molecule has 1 fully saturated rings. The lowest BCUT2D eigenvalue weighted by Crippen LogP contribution is -2.34. The van der Waals surface area contributed by atoms with E-state index in [4.69, 9.17) is 0 Å². The molecule has 0 aromatic heterocycles. The number of nitro benzene ring substituents is 1. The molecule has 0 spiro atoms. The first-order valence-electron chi connectivity index (χ1n) is 6.03. The Morgan fingerprint density at radius 2 is 2.05 bits per heavy atom. The van der Waals surface area contributed by atoms with Gasteiger partial charge in [-0.05, 0) is 32.0 Å². The smallest absolute Gasteiger partial charge is 0.272 e. The van der Waals surface area contributed by atoms with E-state index in [1.807, 2.05) is 0 Å². The number of halogens is 2. The Hall–Kier alpha value is -1.73. The summed E-state index contributed by atoms with van der Waals surface area (Å²) in [5.74, 6) is -1.18. The van der Waals surface area contributed by atoms with Crippen molar-refractivity contribution in [1.29, 1.82) is 0 Å². The van der Waals surface area contributed by atoms with E-state index in [1.54, 1.807) is 0 Å². The lowest BCUT2D eigenvalue weighted by molar-refractivity contribution is -0.385. The summed E-state index contributed by atoms with van der Waals surface area (Å²) < 4.78 is 13.6. The lowest BCUT2D eigenvalue weighted by atomic mass is 9.97. The monoisotopic (exact) mass is 303 g/mol. The van der Waals surface area contributed by atoms with Crippen molar-refractivity contribution in [3.63, 3.8) is 0 Å². The molecule has 6 nitrogen and oxygen atoms in total. The number of rotatable bonds is 3. The van der Waals surface area contributed by atoms with Crippen molar-refractivity contribution in [2.75, 3.05) is 18.4 Å². The number of nitrogens with one attached hydrogen (secondary N) is 2. The van der Waals surface area contributed by atoms with Gasteiger partial charge in [-0.3, -0.25) is 14.9 Å². The van der Waals surface area contributed by atoms with E-state index in [-0.39, 0.29) is 35.6 Å². The van der Waals surface area contributed by atoms with Gasteiger partial charge in [-0.2, -0.15) is 0 Å². The minimum Gasteiger partial charge on any atom is -0.323 e. The number of anilines is 1. The Bertz CT molecular complexity index is 507. The van der Waals surface area contributed by atoms with Crippen LogP contribution in [0, 0.1) is 21.8 Å². The van der Waals surface area contributed by atoms with Crippen molar-refractivity contribution in [1.82, 2.24) is 5.32 Å². The van der Waals surface area contributed by atoms with Crippen molar-refractivity contribution in [3.05, 3.63) is 34.1 Å². The van der Waals surface area contributed by atoms with Crippen LogP contribution in [0.5, 0.6) is 0 Å². The molecule has 1 saturated heterocycles. The second-order valence-electron chi connectivity index (χ2n) is 4.43. The van der Waals surface area contributed by atoms with Gasteiger partial charge >= 0.3 is 0 Å². The molecule has 8 heteroatoms. The molecule has 1 amide bonds. The minimum absolute atomic E-state index is 0. The lowest BCUT2D eigenvalue weighted by Gasteiger charge is -2.21. The molecule has 0 unspecified atom stereocenters. The zero-order chi connectivity index (χ0) is 13.8. The summed E-state index contributed by atoms with van der Waals surface area (Å²) in [6, 6.07) is 3.19. The molecule has 1 aromatic carbocycles. The topological polar surface area (TPSA) is 84.3 Å². The van der Waals surface area contributed by atoms with E-state index in [9.17, 15) is 19.3 Å². The van der Waals surface area contributed by atoms with Gasteiger partial charge in [-0.1, -0.05) is 0 Å². The number of nitro groups is 1. The van der Waals surface area contributed by atoms with Crippen LogP contribution < -0.4 is 10.6 Å². The van der Waals surface area contributed by atoms with E-state index >= 15 is 0 Å². The summed E-state index contributed by atoms with van der Waals surface area (Å²) in [4.78, 5) is 21.7. The van der Waals surface area contributed by atoms with E-state index in [2.05, 4.69) is 10.6 Å². The van der Waals surface area contributed by atoms with E-state index in [1.165, 1.54) is 12.1 Å². The quantitative estimate of drug-likeness (QED) is 0.661. The third-order valence-corrected chi connectivity index (χ3v) is 3.13. The molecule has 1 aliphatic heterocycles. The van der Waals surface area contributed by atoms with Crippen LogP contribution in [0.2, 0.25) is 0 Å². The summed E-state index contributed by atoms with van der Waals surface area (Å²) in [6.07, 6.45) is 1.42. The normalized spacial score (nSPS) is 15.2. The number of piperidine rings is 1. The van der Waals surface area contributed by atoms with Crippen LogP contribution in [-0.4, -0.2) is 23.9 Å². The van der Waals surface area contributed by atoms with E-state index < -0.39 is 10.7 Å². The maximum absolute atomic E-state index is 13.6. The predicted octanol–water partition coefficient (Wildman–Crippen LogP) is 2.09. The highest BCUT2D eigenvalue weighted by Crippen LogP contribution is 2.22. The van der Waals surface area contributed by atoms with E-state index in [0.29, 0.717) is 12.8 Å². The van der Waals surface area contributed by atoms with E-state index in [0.717, 1.165) is 19.2 Å². The molecule has 1 aliphatic rings. The first kappa shape index (κ1) is 16.3. The maximum atomic E-state index is 13.6. The average Bonchev–Trinajstić information content (AvgIpc) is 2.41. The zero-order valence-electron chi connectivity index (χ0n) is 10.6. The van der Waals surface area contributed by atoms with Gasteiger partial charge in [-0.25, -0.2) is 4.39 Å². The largest absolute Gasteiger partial charge is 0.323 e. The van der Waals surface area contributed by atoms with Gasteiger partial charge in [0.1, 0.15) is 0 Å². The van der Waals surface area contributed by atoms with Crippen LogP contribution in [-0.2, 0) is 4.79 Å². The SMILES string of the molecule is Cl.O=C(Nc1ccc([N+](=O)[O-])cc1F)C1CCNCC1. The molecule has 0 aliphatic carbocycles. The Balaban J connectivity index is 0.00000200. The Labute approximate surface area is 121 Å². The first-order chi connectivity index (χ1) is 9.08. The molecule has 0 atom stereocenters. The van der Waals surface area contributed by atoms with Crippen LogP contribution in [0.15, 0.2) is 18.2 Å². The third-order valence-electron chi connectivity index (χ3n) is 3.13. The van der Waals surface area contributed by atoms with Crippen LogP contribution >= 0.6 is 12.4 Å². The van der Waals surface area contributed by atoms with Gasteiger partial charge in [0.2, 0.25) is 5.91 Å². The molecular weight excluding hydrogens is 289 g/mol. The van der Waals surface area contributed by atoms with Gasteiger partial charge in [0.05, 0.1) is 16.7 Å². The van der Waals surface area contributed by atoms with Crippen molar-refractivity contribution in [3.8, 4) is 0 Å². The number of hydrogen-bond donors (Lipinski definition) is 2. The molecule has 20 heavy (non-hydrogen) atoms. The van der Waals surface area contributed by atoms with Gasteiger partial charge < -0.3 is 10.6 Å². The van der Waals surface area contributed by atoms with Crippen molar-refractivity contribution >= 4 is 29.7 Å².